The molecule has 144 valence electrons. The molecule has 0 radical (unpaired) electrons. The average molecular weight is 378 g/mol. The highest BCUT2D eigenvalue weighted by atomic mass is 16.6. The van der Waals surface area contributed by atoms with Gasteiger partial charge in [0.1, 0.15) is 0 Å². The Labute approximate surface area is 163 Å². The van der Waals surface area contributed by atoms with Gasteiger partial charge in [0, 0.05) is 31.8 Å². The lowest BCUT2D eigenvalue weighted by Gasteiger charge is -2.30. The molecule has 7 nitrogen and oxygen atoms in total. The van der Waals surface area contributed by atoms with Crippen LogP contribution in [0.4, 0.5) is 5.69 Å². The second kappa shape index (κ2) is 7.92. The van der Waals surface area contributed by atoms with Gasteiger partial charge in [-0.25, -0.2) is 5.43 Å². The highest BCUT2D eigenvalue weighted by Gasteiger charge is 2.37. The lowest BCUT2D eigenvalue weighted by molar-refractivity contribution is -0.384. The molecule has 2 aromatic carbocycles. The minimum atomic E-state index is -0.420. The Kier molecular flexibility index (Phi) is 5.18. The number of carbonyl (C=O) groups excluding carboxylic acids is 1. The van der Waals surface area contributed by atoms with E-state index in [0.29, 0.717) is 19.6 Å². The van der Waals surface area contributed by atoms with Gasteiger partial charge in [0.25, 0.3) is 5.69 Å². The third-order valence-corrected chi connectivity index (χ3v) is 5.43. The molecule has 2 aliphatic heterocycles. The number of nitrogens with one attached hydrogen (secondary N) is 2. The smallest absolute Gasteiger partial charge is 0.269 e. The second-order valence-electron chi connectivity index (χ2n) is 7.09. The van der Waals surface area contributed by atoms with Crippen molar-refractivity contribution in [2.45, 2.75) is 12.5 Å². The van der Waals surface area contributed by atoms with Crippen molar-refractivity contribution in [2.75, 3.05) is 19.6 Å². The SMILES string of the molecule is O=C(C1CNNC1c1ccc([N+](=O)[O-])cc1)N1CC=C(c2ccccc2)CC1. The van der Waals surface area contributed by atoms with Crippen molar-refractivity contribution in [2.24, 2.45) is 5.92 Å². The zero-order valence-electron chi connectivity index (χ0n) is 15.4. The molecule has 28 heavy (non-hydrogen) atoms. The van der Waals surface area contributed by atoms with Crippen LogP contribution in [0.25, 0.3) is 5.57 Å². The van der Waals surface area contributed by atoms with E-state index in [1.165, 1.54) is 23.3 Å². The van der Waals surface area contributed by atoms with Gasteiger partial charge in [0.05, 0.1) is 16.9 Å². The van der Waals surface area contributed by atoms with Gasteiger partial charge >= 0.3 is 0 Å². The van der Waals surface area contributed by atoms with Crippen molar-refractivity contribution in [3.05, 3.63) is 81.9 Å². The first-order valence-corrected chi connectivity index (χ1v) is 9.39. The fraction of sp³-hybridized carbons (Fsp3) is 0.286. The minimum absolute atomic E-state index is 0.0483. The van der Waals surface area contributed by atoms with Gasteiger partial charge in [-0.05, 0) is 23.1 Å². The van der Waals surface area contributed by atoms with Gasteiger partial charge in [0.2, 0.25) is 5.91 Å². The molecule has 0 bridgehead atoms. The van der Waals surface area contributed by atoms with E-state index in [-0.39, 0.29) is 23.6 Å². The molecule has 2 aliphatic rings. The van der Waals surface area contributed by atoms with Crippen LogP contribution < -0.4 is 10.9 Å². The number of non-ortho nitro benzene ring substituents is 1. The van der Waals surface area contributed by atoms with Gasteiger partial charge in [0.15, 0.2) is 0 Å². The van der Waals surface area contributed by atoms with Gasteiger partial charge in [-0.1, -0.05) is 48.5 Å². The van der Waals surface area contributed by atoms with E-state index in [0.717, 1.165) is 12.0 Å². The third-order valence-electron chi connectivity index (χ3n) is 5.43. The number of carbonyl (C=O) groups is 1. The van der Waals surface area contributed by atoms with Crippen LogP contribution in [0.3, 0.4) is 0 Å². The van der Waals surface area contributed by atoms with Crippen molar-refractivity contribution in [3.63, 3.8) is 0 Å². The van der Waals surface area contributed by atoms with E-state index >= 15 is 0 Å². The van der Waals surface area contributed by atoms with E-state index in [1.54, 1.807) is 12.1 Å². The summed E-state index contributed by atoms with van der Waals surface area (Å²) in [5, 5.41) is 10.9. The number of amides is 1. The molecule has 0 spiro atoms. The molecule has 7 heteroatoms. The van der Waals surface area contributed by atoms with E-state index in [9.17, 15) is 14.9 Å². The number of nitrogens with zero attached hydrogens (tertiary/aromatic N) is 2. The predicted octanol–water partition coefficient (Wildman–Crippen LogP) is 2.68. The van der Waals surface area contributed by atoms with Crippen molar-refractivity contribution in [1.29, 1.82) is 0 Å². The summed E-state index contributed by atoms with van der Waals surface area (Å²) in [6, 6.07) is 16.4. The summed E-state index contributed by atoms with van der Waals surface area (Å²) in [7, 11) is 0. The quantitative estimate of drug-likeness (QED) is 0.631. The molecule has 2 heterocycles. The maximum atomic E-state index is 13.1. The largest absolute Gasteiger partial charge is 0.338 e. The first kappa shape index (κ1) is 18.3. The van der Waals surface area contributed by atoms with Crippen molar-refractivity contribution < 1.29 is 9.72 Å². The molecule has 2 aromatic rings. The first-order chi connectivity index (χ1) is 13.6. The van der Waals surface area contributed by atoms with E-state index in [2.05, 4.69) is 29.1 Å². The normalized spacial score (nSPS) is 22.0. The lowest BCUT2D eigenvalue weighted by Crippen LogP contribution is -2.41. The molecule has 1 amide bonds. The van der Waals surface area contributed by atoms with E-state index < -0.39 is 4.92 Å². The Hall–Kier alpha value is -3.03. The number of rotatable bonds is 4. The predicted molar refractivity (Wildman–Crippen MR) is 106 cm³/mol. The Morgan fingerprint density at radius 1 is 1.11 bits per heavy atom. The maximum absolute atomic E-state index is 13.1. The van der Waals surface area contributed by atoms with Crippen LogP contribution in [0, 0.1) is 16.0 Å². The summed E-state index contributed by atoms with van der Waals surface area (Å²) in [4.78, 5) is 25.4. The number of hydrazine groups is 1. The van der Waals surface area contributed by atoms with Crippen LogP contribution in [0.5, 0.6) is 0 Å². The molecule has 4 rings (SSSR count). The Morgan fingerprint density at radius 2 is 1.86 bits per heavy atom. The summed E-state index contributed by atoms with van der Waals surface area (Å²) in [5.41, 5.74) is 9.61. The Bertz CT molecular complexity index is 896. The highest BCUT2D eigenvalue weighted by molar-refractivity contribution is 5.82. The number of hydrogen-bond acceptors (Lipinski definition) is 5. The van der Waals surface area contributed by atoms with Gasteiger partial charge in [-0.15, -0.1) is 0 Å². The molecule has 2 unspecified atom stereocenters. The molecule has 0 aliphatic carbocycles. The van der Waals surface area contributed by atoms with Crippen LogP contribution in [-0.4, -0.2) is 35.4 Å². The summed E-state index contributed by atoms with van der Waals surface area (Å²) in [5.74, 6) is -0.141. The molecule has 1 fully saturated rings. The Morgan fingerprint density at radius 3 is 2.50 bits per heavy atom. The summed E-state index contributed by atoms with van der Waals surface area (Å²) < 4.78 is 0. The zero-order chi connectivity index (χ0) is 19.5. The minimum Gasteiger partial charge on any atom is -0.338 e. The molecule has 0 aromatic heterocycles. The van der Waals surface area contributed by atoms with Crippen molar-refractivity contribution in [1.82, 2.24) is 15.8 Å². The van der Waals surface area contributed by atoms with Gasteiger partial charge < -0.3 is 4.90 Å². The van der Waals surface area contributed by atoms with E-state index in [1.807, 2.05) is 23.1 Å². The molecule has 2 N–H and O–H groups in total. The van der Waals surface area contributed by atoms with Crippen LogP contribution in [0.15, 0.2) is 60.7 Å². The van der Waals surface area contributed by atoms with Crippen LogP contribution >= 0.6 is 0 Å². The summed E-state index contributed by atoms with van der Waals surface area (Å²) in [6.07, 6.45) is 2.97. The molecule has 2 atom stereocenters. The summed E-state index contributed by atoms with van der Waals surface area (Å²) >= 11 is 0. The Balaban J connectivity index is 1.45. The number of nitro benzene ring substituents is 1. The van der Waals surface area contributed by atoms with Crippen LogP contribution in [0.2, 0.25) is 0 Å². The molecule has 0 saturated carbocycles. The monoisotopic (exact) mass is 378 g/mol. The topological polar surface area (TPSA) is 87.5 Å². The van der Waals surface area contributed by atoms with Crippen molar-refractivity contribution >= 4 is 17.2 Å². The molecular formula is C21H22N4O3. The standard InChI is InChI=1S/C21H22N4O3/c26-21(24-12-10-16(11-13-24)15-4-2-1-3-5-15)19-14-22-23-20(19)17-6-8-18(9-7-17)25(27)28/h1-10,19-20,22-23H,11-14H2. The molecule has 1 saturated heterocycles. The van der Waals surface area contributed by atoms with Gasteiger partial charge in [-0.3, -0.25) is 20.3 Å². The number of benzene rings is 2. The third kappa shape index (κ3) is 3.67. The summed E-state index contributed by atoms with van der Waals surface area (Å²) in [6.45, 7) is 1.84. The first-order valence-electron chi connectivity index (χ1n) is 9.39. The van der Waals surface area contributed by atoms with Crippen molar-refractivity contribution in [3.8, 4) is 0 Å². The number of nitro groups is 1. The maximum Gasteiger partial charge on any atom is 0.269 e. The van der Waals surface area contributed by atoms with Crippen LogP contribution in [-0.2, 0) is 4.79 Å². The fourth-order valence-corrected chi connectivity index (χ4v) is 3.86. The van der Waals surface area contributed by atoms with Crippen LogP contribution in [0.1, 0.15) is 23.6 Å². The fourth-order valence-electron chi connectivity index (χ4n) is 3.86. The second-order valence-corrected chi connectivity index (χ2v) is 7.09. The lowest BCUT2D eigenvalue weighted by atomic mass is 9.92. The number of hydrogen-bond donors (Lipinski definition) is 2. The average Bonchev–Trinajstić information content (AvgIpc) is 3.24. The zero-order valence-corrected chi connectivity index (χ0v) is 15.4. The van der Waals surface area contributed by atoms with Gasteiger partial charge in [-0.2, -0.15) is 0 Å². The molecular weight excluding hydrogens is 356 g/mol. The van der Waals surface area contributed by atoms with E-state index in [4.69, 9.17) is 0 Å². The highest BCUT2D eigenvalue weighted by Crippen LogP contribution is 2.29.